The molecule has 1 saturated carbocycles. The molecule has 1 aliphatic carbocycles. The fourth-order valence-electron chi connectivity index (χ4n) is 3.13. The zero-order valence-corrected chi connectivity index (χ0v) is 16.4. The van der Waals surface area contributed by atoms with Gasteiger partial charge in [-0.2, -0.15) is 0 Å². The number of halogens is 3. The lowest BCUT2D eigenvalue weighted by Crippen LogP contribution is -2.41. The van der Waals surface area contributed by atoms with E-state index in [-0.39, 0.29) is 30.4 Å². The second-order valence-electron chi connectivity index (χ2n) is 6.60. The van der Waals surface area contributed by atoms with Crippen LogP contribution in [-0.2, 0) is 4.79 Å². The number of thioether (sulfide) groups is 1. The van der Waals surface area contributed by atoms with Gasteiger partial charge in [-0.1, -0.05) is 30.3 Å². The van der Waals surface area contributed by atoms with Crippen LogP contribution in [0, 0.1) is 11.6 Å². The second kappa shape index (κ2) is 10.1. The van der Waals surface area contributed by atoms with Crippen molar-refractivity contribution in [1.82, 2.24) is 5.32 Å². The third-order valence-electron chi connectivity index (χ3n) is 4.60. The van der Waals surface area contributed by atoms with Gasteiger partial charge in [0.05, 0.1) is 0 Å². The van der Waals surface area contributed by atoms with Gasteiger partial charge < -0.3 is 11.1 Å². The smallest absolute Gasteiger partial charge is 0.238 e. The Labute approximate surface area is 168 Å². The fraction of sp³-hybridized carbons (Fsp3) is 0.350. The molecule has 2 aromatic rings. The van der Waals surface area contributed by atoms with E-state index in [0.29, 0.717) is 4.90 Å². The molecule has 0 saturated heterocycles. The molecule has 1 aliphatic rings. The minimum Gasteiger partial charge on any atom is -0.352 e. The number of nitrogens with two attached hydrogens (primary N) is 1. The van der Waals surface area contributed by atoms with E-state index in [1.54, 1.807) is 0 Å². The summed E-state index contributed by atoms with van der Waals surface area (Å²) in [6, 6.07) is 13.4. The van der Waals surface area contributed by atoms with Crippen LogP contribution in [0.15, 0.2) is 53.4 Å². The van der Waals surface area contributed by atoms with Crippen molar-refractivity contribution in [3.63, 3.8) is 0 Å². The lowest BCUT2D eigenvalue weighted by molar-refractivity contribution is -0.121. The lowest BCUT2D eigenvalue weighted by Gasteiger charge is -2.28. The maximum absolute atomic E-state index is 13.5. The van der Waals surface area contributed by atoms with Crippen LogP contribution in [0.1, 0.15) is 36.5 Å². The molecule has 146 valence electrons. The number of amides is 1. The Morgan fingerprint density at radius 3 is 2.33 bits per heavy atom. The quantitative estimate of drug-likeness (QED) is 0.705. The van der Waals surface area contributed by atoms with Crippen molar-refractivity contribution in [2.45, 2.75) is 47.9 Å². The molecule has 0 heterocycles. The van der Waals surface area contributed by atoms with E-state index < -0.39 is 16.9 Å². The Morgan fingerprint density at radius 2 is 1.70 bits per heavy atom. The summed E-state index contributed by atoms with van der Waals surface area (Å²) < 4.78 is 26.7. The maximum atomic E-state index is 13.5. The number of carbonyl (C=O) groups is 1. The Kier molecular flexibility index (Phi) is 8.07. The summed E-state index contributed by atoms with van der Waals surface area (Å²) in [7, 11) is 0. The minimum absolute atomic E-state index is 0. The van der Waals surface area contributed by atoms with Gasteiger partial charge in [0, 0.05) is 17.0 Å². The van der Waals surface area contributed by atoms with Crippen molar-refractivity contribution >= 4 is 30.1 Å². The number of hydrogen-bond donors (Lipinski definition) is 2. The van der Waals surface area contributed by atoms with Crippen LogP contribution in [-0.4, -0.2) is 18.0 Å². The molecule has 0 aliphatic heterocycles. The van der Waals surface area contributed by atoms with Gasteiger partial charge in [0.2, 0.25) is 5.91 Å². The highest BCUT2D eigenvalue weighted by Crippen LogP contribution is 2.36. The SMILES string of the molecule is Cl.NC1CCC(NC(=O)C(Sc2ccc(F)c(F)c2)c2ccccc2)CC1. The van der Waals surface area contributed by atoms with Crippen LogP contribution in [0.4, 0.5) is 8.78 Å². The summed E-state index contributed by atoms with van der Waals surface area (Å²) >= 11 is 1.22. The second-order valence-corrected chi connectivity index (χ2v) is 7.78. The van der Waals surface area contributed by atoms with E-state index in [0.717, 1.165) is 43.4 Å². The standard InChI is InChI=1S/C20H22F2N2OS.ClH/c21-17-11-10-16(12-18(17)22)26-19(13-4-2-1-3-5-13)20(25)24-15-8-6-14(23)7-9-15;/h1-5,10-12,14-15,19H,6-9,23H2,(H,24,25);1H. The van der Waals surface area contributed by atoms with Gasteiger partial charge in [0.15, 0.2) is 11.6 Å². The van der Waals surface area contributed by atoms with E-state index in [2.05, 4.69) is 5.32 Å². The summed E-state index contributed by atoms with van der Waals surface area (Å²) in [5, 5.41) is 2.57. The van der Waals surface area contributed by atoms with Gasteiger partial charge in [-0.15, -0.1) is 24.2 Å². The number of nitrogens with one attached hydrogen (secondary N) is 1. The molecular weight excluding hydrogens is 390 g/mol. The first kappa shape index (κ1) is 21.7. The first-order chi connectivity index (χ1) is 12.5. The van der Waals surface area contributed by atoms with E-state index >= 15 is 0 Å². The number of hydrogen-bond acceptors (Lipinski definition) is 3. The number of rotatable bonds is 5. The first-order valence-corrected chi connectivity index (χ1v) is 9.63. The average molecular weight is 413 g/mol. The molecule has 1 fully saturated rings. The average Bonchev–Trinajstić information content (AvgIpc) is 2.65. The molecule has 3 nitrogen and oxygen atoms in total. The minimum atomic E-state index is -0.913. The fourth-order valence-corrected chi connectivity index (χ4v) is 4.19. The molecule has 1 unspecified atom stereocenters. The van der Waals surface area contributed by atoms with Gasteiger partial charge in [0.1, 0.15) is 5.25 Å². The Hall–Kier alpha value is -1.63. The Balaban J connectivity index is 0.00000261. The molecule has 3 rings (SSSR count). The van der Waals surface area contributed by atoms with Gasteiger partial charge in [-0.3, -0.25) is 4.79 Å². The summed E-state index contributed by atoms with van der Waals surface area (Å²) in [6.45, 7) is 0. The van der Waals surface area contributed by atoms with Crippen LogP contribution in [0.2, 0.25) is 0 Å². The molecule has 0 spiro atoms. The number of benzene rings is 2. The monoisotopic (exact) mass is 412 g/mol. The van der Waals surface area contributed by atoms with Gasteiger partial charge in [-0.25, -0.2) is 8.78 Å². The van der Waals surface area contributed by atoms with E-state index in [1.807, 2.05) is 30.3 Å². The van der Waals surface area contributed by atoms with Crippen molar-refractivity contribution in [2.24, 2.45) is 5.73 Å². The molecule has 27 heavy (non-hydrogen) atoms. The van der Waals surface area contributed by atoms with Crippen LogP contribution in [0.25, 0.3) is 0 Å². The largest absolute Gasteiger partial charge is 0.352 e. The molecule has 3 N–H and O–H groups in total. The van der Waals surface area contributed by atoms with Gasteiger partial charge in [0.25, 0.3) is 0 Å². The van der Waals surface area contributed by atoms with E-state index in [1.165, 1.54) is 17.8 Å². The predicted octanol–water partition coefficient (Wildman–Crippen LogP) is 4.61. The highest BCUT2D eigenvalue weighted by molar-refractivity contribution is 8.00. The van der Waals surface area contributed by atoms with E-state index in [4.69, 9.17) is 5.73 Å². The van der Waals surface area contributed by atoms with Gasteiger partial charge in [-0.05, 0) is 49.4 Å². The molecule has 7 heteroatoms. The van der Waals surface area contributed by atoms with Crippen molar-refractivity contribution < 1.29 is 13.6 Å². The maximum Gasteiger partial charge on any atom is 0.238 e. The number of carbonyl (C=O) groups excluding carboxylic acids is 1. The van der Waals surface area contributed by atoms with Crippen molar-refractivity contribution in [1.29, 1.82) is 0 Å². The molecule has 1 atom stereocenters. The van der Waals surface area contributed by atoms with Crippen molar-refractivity contribution in [2.75, 3.05) is 0 Å². The van der Waals surface area contributed by atoms with Crippen LogP contribution in [0.3, 0.4) is 0 Å². The van der Waals surface area contributed by atoms with Crippen molar-refractivity contribution in [3.8, 4) is 0 Å². The highest BCUT2D eigenvalue weighted by Gasteiger charge is 2.26. The summed E-state index contributed by atoms with van der Waals surface area (Å²) in [6.07, 6.45) is 3.53. The molecular formula is C20H23ClF2N2OS. The molecule has 0 aromatic heterocycles. The molecule has 0 bridgehead atoms. The summed E-state index contributed by atoms with van der Waals surface area (Å²) in [4.78, 5) is 13.4. The Morgan fingerprint density at radius 1 is 1.04 bits per heavy atom. The third-order valence-corrected chi connectivity index (χ3v) is 5.85. The predicted molar refractivity (Wildman–Crippen MR) is 107 cm³/mol. The van der Waals surface area contributed by atoms with Crippen LogP contribution in [0.5, 0.6) is 0 Å². The molecule has 0 radical (unpaired) electrons. The highest BCUT2D eigenvalue weighted by atomic mass is 35.5. The molecule has 1 amide bonds. The topological polar surface area (TPSA) is 55.1 Å². The van der Waals surface area contributed by atoms with E-state index in [9.17, 15) is 13.6 Å². The third kappa shape index (κ3) is 5.92. The Bertz CT molecular complexity index is 755. The lowest BCUT2D eigenvalue weighted by atomic mass is 9.91. The zero-order valence-electron chi connectivity index (χ0n) is 14.7. The summed E-state index contributed by atoms with van der Waals surface area (Å²) in [5.41, 5.74) is 6.75. The first-order valence-electron chi connectivity index (χ1n) is 8.75. The van der Waals surface area contributed by atoms with Crippen molar-refractivity contribution in [3.05, 3.63) is 65.7 Å². The molecule has 2 aromatic carbocycles. The van der Waals surface area contributed by atoms with Gasteiger partial charge >= 0.3 is 0 Å². The summed E-state index contributed by atoms with van der Waals surface area (Å²) in [5.74, 6) is -1.93. The zero-order chi connectivity index (χ0) is 18.5. The van der Waals surface area contributed by atoms with Crippen LogP contribution < -0.4 is 11.1 Å². The van der Waals surface area contributed by atoms with Crippen LogP contribution >= 0.6 is 24.2 Å². The normalized spacial score (nSPS) is 20.4.